The predicted octanol–water partition coefficient (Wildman–Crippen LogP) is 5.44. The molecule has 0 saturated heterocycles. The lowest BCUT2D eigenvalue weighted by Gasteiger charge is -2.16. The van der Waals surface area contributed by atoms with E-state index in [1.54, 1.807) is 60.7 Å². The summed E-state index contributed by atoms with van der Waals surface area (Å²) in [6.45, 7) is 4.01. The molecule has 1 aliphatic heterocycles. The number of benzene rings is 3. The third-order valence-corrected chi connectivity index (χ3v) is 6.03. The number of thiocarbonyl (C=S) groups is 1. The number of rotatable bonds is 6. The summed E-state index contributed by atoms with van der Waals surface area (Å²) in [4.78, 5) is 39.0. The van der Waals surface area contributed by atoms with Crippen LogP contribution in [0.2, 0.25) is 5.02 Å². The fraction of sp³-hybridized carbons (Fsp3) is 0.154. The van der Waals surface area contributed by atoms with Crippen LogP contribution in [0.3, 0.4) is 0 Å². The second kappa shape index (κ2) is 10.2. The molecule has 3 amide bonds. The topological polar surface area (TPSA) is 87.7 Å². The third-order valence-electron chi connectivity index (χ3n) is 5.51. The van der Waals surface area contributed by atoms with Crippen molar-refractivity contribution in [3.05, 3.63) is 88.4 Å². The summed E-state index contributed by atoms with van der Waals surface area (Å²) >= 11 is 11.6. The predicted molar refractivity (Wildman–Crippen MR) is 140 cm³/mol. The number of carbonyl (C=O) groups excluding carboxylic acids is 3. The van der Waals surface area contributed by atoms with Crippen molar-refractivity contribution in [2.24, 2.45) is 0 Å². The second-order valence-corrected chi connectivity index (χ2v) is 8.74. The highest BCUT2D eigenvalue weighted by molar-refractivity contribution is 7.80. The normalized spacial score (nSPS) is 13.3. The van der Waals surface area contributed by atoms with Gasteiger partial charge in [-0.2, -0.15) is 0 Å². The van der Waals surface area contributed by atoms with Crippen molar-refractivity contribution in [2.75, 3.05) is 10.2 Å². The Kier molecular flexibility index (Phi) is 7.14. The molecule has 1 atom stereocenters. The monoisotopic (exact) mass is 507 g/mol. The molecule has 7 nitrogen and oxygen atoms in total. The van der Waals surface area contributed by atoms with Crippen LogP contribution in [0.1, 0.15) is 51.3 Å². The van der Waals surface area contributed by atoms with Crippen LogP contribution in [0.15, 0.2) is 66.7 Å². The van der Waals surface area contributed by atoms with E-state index in [1.165, 1.54) is 6.07 Å². The van der Waals surface area contributed by atoms with Crippen molar-refractivity contribution in [1.29, 1.82) is 0 Å². The van der Waals surface area contributed by atoms with Gasteiger partial charge in [0.15, 0.2) is 5.11 Å². The molecule has 2 N–H and O–H groups in total. The van der Waals surface area contributed by atoms with Gasteiger partial charge in [0.25, 0.3) is 17.7 Å². The fourth-order valence-electron chi connectivity index (χ4n) is 3.50. The standard InChI is InChI=1S/C26H22ClN3O4S/c1-3-15(2)34-18-11-8-16(9-12-18)23(31)29-26(35)28-22-13-10-17(14-21(22)27)30-24(32)19-6-4-5-7-20(19)25(30)33/h4-15H,3H2,1-2H3,(H2,28,29,31,35)/t15-/m0/s1. The molecular weight excluding hydrogens is 486 g/mol. The molecule has 0 spiro atoms. The minimum atomic E-state index is -0.411. The Morgan fingerprint density at radius 2 is 1.66 bits per heavy atom. The van der Waals surface area contributed by atoms with E-state index in [2.05, 4.69) is 10.6 Å². The van der Waals surface area contributed by atoms with Gasteiger partial charge in [-0.1, -0.05) is 30.7 Å². The summed E-state index contributed by atoms with van der Waals surface area (Å²) < 4.78 is 5.72. The molecule has 3 aromatic carbocycles. The zero-order valence-electron chi connectivity index (χ0n) is 19.0. The third kappa shape index (κ3) is 5.18. The molecule has 3 aromatic rings. The van der Waals surface area contributed by atoms with E-state index in [0.717, 1.165) is 11.3 Å². The Morgan fingerprint density at radius 1 is 1.03 bits per heavy atom. The first-order valence-corrected chi connectivity index (χ1v) is 11.7. The van der Waals surface area contributed by atoms with Gasteiger partial charge in [-0.05, 0) is 80.2 Å². The Morgan fingerprint density at radius 3 is 2.23 bits per heavy atom. The number of halogens is 1. The van der Waals surface area contributed by atoms with Crippen LogP contribution in [-0.4, -0.2) is 28.9 Å². The quantitative estimate of drug-likeness (QED) is 0.341. The molecule has 178 valence electrons. The number of amides is 3. The van der Waals surface area contributed by atoms with Gasteiger partial charge in [0.2, 0.25) is 0 Å². The van der Waals surface area contributed by atoms with Crippen molar-refractivity contribution in [3.8, 4) is 5.75 Å². The maximum Gasteiger partial charge on any atom is 0.266 e. The molecule has 0 saturated carbocycles. The molecule has 35 heavy (non-hydrogen) atoms. The average Bonchev–Trinajstić information content (AvgIpc) is 3.10. The molecule has 1 heterocycles. The number of hydrogen-bond acceptors (Lipinski definition) is 5. The maximum absolute atomic E-state index is 12.7. The summed E-state index contributed by atoms with van der Waals surface area (Å²) in [5.41, 5.74) is 1.85. The molecule has 0 fully saturated rings. The minimum absolute atomic E-state index is 0.0466. The lowest BCUT2D eigenvalue weighted by molar-refractivity contribution is 0.0923. The Balaban J connectivity index is 1.40. The highest BCUT2D eigenvalue weighted by atomic mass is 35.5. The number of fused-ring (bicyclic) bond motifs is 1. The summed E-state index contributed by atoms with van der Waals surface area (Å²) in [6.07, 6.45) is 0.962. The molecule has 0 bridgehead atoms. The Bertz CT molecular complexity index is 1290. The smallest absolute Gasteiger partial charge is 0.266 e. The van der Waals surface area contributed by atoms with Gasteiger partial charge in [-0.15, -0.1) is 0 Å². The van der Waals surface area contributed by atoms with Crippen molar-refractivity contribution in [3.63, 3.8) is 0 Å². The van der Waals surface area contributed by atoms with Crippen LogP contribution in [0.4, 0.5) is 11.4 Å². The van der Waals surface area contributed by atoms with Crippen LogP contribution in [-0.2, 0) is 0 Å². The number of hydrogen-bond donors (Lipinski definition) is 2. The number of imide groups is 1. The SMILES string of the molecule is CC[C@H](C)Oc1ccc(C(=O)NC(=S)Nc2ccc(N3C(=O)c4ccccc4C3=O)cc2Cl)cc1. The van der Waals surface area contributed by atoms with Crippen molar-refractivity contribution < 1.29 is 19.1 Å². The average molecular weight is 508 g/mol. The molecule has 0 unspecified atom stereocenters. The summed E-state index contributed by atoms with van der Waals surface area (Å²) in [6, 6.07) is 18.1. The number of nitrogens with zero attached hydrogens (tertiary/aromatic N) is 1. The van der Waals surface area contributed by atoms with E-state index >= 15 is 0 Å². The van der Waals surface area contributed by atoms with Gasteiger partial charge in [-0.3, -0.25) is 19.7 Å². The van der Waals surface area contributed by atoms with E-state index in [0.29, 0.717) is 33.8 Å². The Labute approximate surface area is 213 Å². The summed E-state index contributed by atoms with van der Waals surface area (Å²) in [5, 5.41) is 5.74. The molecule has 1 aliphatic rings. The van der Waals surface area contributed by atoms with Crippen LogP contribution in [0.5, 0.6) is 5.75 Å². The minimum Gasteiger partial charge on any atom is -0.491 e. The maximum atomic E-state index is 12.7. The van der Waals surface area contributed by atoms with Crippen LogP contribution < -0.4 is 20.3 Å². The largest absolute Gasteiger partial charge is 0.491 e. The van der Waals surface area contributed by atoms with E-state index < -0.39 is 17.7 Å². The van der Waals surface area contributed by atoms with Gasteiger partial charge in [0, 0.05) is 5.56 Å². The number of carbonyl (C=O) groups is 3. The highest BCUT2D eigenvalue weighted by Gasteiger charge is 2.36. The van der Waals surface area contributed by atoms with Crippen molar-refractivity contribution in [1.82, 2.24) is 5.32 Å². The first kappa shape index (κ1) is 24.4. The fourth-order valence-corrected chi connectivity index (χ4v) is 3.92. The summed E-state index contributed by atoms with van der Waals surface area (Å²) in [7, 11) is 0. The van der Waals surface area contributed by atoms with Gasteiger partial charge in [-0.25, -0.2) is 4.90 Å². The van der Waals surface area contributed by atoms with Gasteiger partial charge >= 0.3 is 0 Å². The van der Waals surface area contributed by atoms with Gasteiger partial charge < -0.3 is 10.1 Å². The zero-order valence-corrected chi connectivity index (χ0v) is 20.6. The zero-order chi connectivity index (χ0) is 25.1. The van der Waals surface area contributed by atoms with Gasteiger partial charge in [0.1, 0.15) is 5.75 Å². The number of ether oxygens (including phenoxy) is 1. The molecular formula is C26H22ClN3O4S. The first-order chi connectivity index (χ1) is 16.8. The second-order valence-electron chi connectivity index (χ2n) is 7.92. The van der Waals surface area contributed by atoms with E-state index in [-0.39, 0.29) is 16.2 Å². The molecule has 0 radical (unpaired) electrons. The van der Waals surface area contributed by atoms with Crippen molar-refractivity contribution in [2.45, 2.75) is 26.4 Å². The van der Waals surface area contributed by atoms with E-state index in [9.17, 15) is 14.4 Å². The summed E-state index contributed by atoms with van der Waals surface area (Å²) in [5.74, 6) is -0.533. The van der Waals surface area contributed by atoms with E-state index in [1.807, 2.05) is 13.8 Å². The van der Waals surface area contributed by atoms with Crippen LogP contribution in [0, 0.1) is 0 Å². The first-order valence-electron chi connectivity index (χ1n) is 10.9. The van der Waals surface area contributed by atoms with E-state index in [4.69, 9.17) is 28.6 Å². The highest BCUT2D eigenvalue weighted by Crippen LogP contribution is 2.32. The number of anilines is 2. The molecule has 0 aromatic heterocycles. The molecule has 4 rings (SSSR count). The molecule has 9 heteroatoms. The van der Waals surface area contributed by atoms with Crippen LogP contribution >= 0.6 is 23.8 Å². The lowest BCUT2D eigenvalue weighted by atomic mass is 10.1. The Hall–Kier alpha value is -3.75. The lowest BCUT2D eigenvalue weighted by Crippen LogP contribution is -2.34. The van der Waals surface area contributed by atoms with Crippen LogP contribution in [0.25, 0.3) is 0 Å². The molecule has 0 aliphatic carbocycles. The number of nitrogens with one attached hydrogen (secondary N) is 2. The van der Waals surface area contributed by atoms with Crippen molar-refractivity contribution >= 4 is 58.0 Å². The van der Waals surface area contributed by atoms with Gasteiger partial charge in [0.05, 0.1) is 33.6 Å².